The number of aryl methyl sites for hydroxylation is 1. The number of aromatic nitrogens is 2. The maximum atomic E-state index is 11.8. The molecule has 2 N–H and O–H groups in total. The summed E-state index contributed by atoms with van der Waals surface area (Å²) < 4.78 is 1.25. The molecule has 0 spiro atoms. The van der Waals surface area contributed by atoms with Crippen LogP contribution in [0.1, 0.15) is 11.1 Å². The minimum absolute atomic E-state index is 0.163. The van der Waals surface area contributed by atoms with Gasteiger partial charge in [-0.25, -0.2) is 0 Å². The molecule has 0 aliphatic rings. The Morgan fingerprint density at radius 3 is 2.65 bits per heavy atom. The summed E-state index contributed by atoms with van der Waals surface area (Å²) in [6.45, 7) is 1.76. The highest BCUT2D eigenvalue weighted by Crippen LogP contribution is 2.08. The lowest BCUT2D eigenvalue weighted by molar-refractivity contribution is -0.137. The Hall–Kier alpha value is -2.63. The molecular weight excluding hydrogens is 258 g/mol. The van der Waals surface area contributed by atoms with Crippen LogP contribution in [0.4, 0.5) is 5.69 Å². The highest BCUT2D eigenvalue weighted by Gasteiger charge is 2.07. The molecule has 0 saturated carbocycles. The van der Waals surface area contributed by atoms with E-state index in [0.717, 1.165) is 11.1 Å². The lowest BCUT2D eigenvalue weighted by atomic mass is 10.1. The van der Waals surface area contributed by atoms with Crippen molar-refractivity contribution in [2.24, 2.45) is 0 Å². The van der Waals surface area contributed by atoms with Crippen molar-refractivity contribution >= 4 is 17.6 Å². The first-order chi connectivity index (χ1) is 9.52. The van der Waals surface area contributed by atoms with Crippen LogP contribution >= 0.6 is 0 Å². The molecule has 6 nitrogen and oxygen atoms in total. The van der Waals surface area contributed by atoms with E-state index in [1.807, 2.05) is 31.2 Å². The number of carboxylic acids is 1. The van der Waals surface area contributed by atoms with E-state index in [1.165, 1.54) is 17.1 Å². The minimum atomic E-state index is -0.981. The summed E-state index contributed by atoms with van der Waals surface area (Å²) in [7, 11) is 0. The Labute approximate surface area is 116 Å². The van der Waals surface area contributed by atoms with Gasteiger partial charge in [-0.05, 0) is 12.5 Å². The Morgan fingerprint density at radius 1 is 1.30 bits per heavy atom. The number of aliphatic carboxylic acids is 1. The predicted octanol–water partition coefficient (Wildman–Crippen LogP) is 1.46. The van der Waals surface area contributed by atoms with Gasteiger partial charge in [0.05, 0.1) is 18.3 Å². The Balaban J connectivity index is 1.92. The Bertz CT molecular complexity index is 617. The van der Waals surface area contributed by atoms with Crippen molar-refractivity contribution in [2.45, 2.75) is 19.9 Å². The standard InChI is InChI=1S/C14H15N3O3/c1-10-2-4-11(5-3-10)6-13(18)16-12-7-15-17(8-12)9-14(19)20/h2-5,7-8H,6,9H2,1H3,(H,16,18)(H,19,20). The zero-order valence-electron chi connectivity index (χ0n) is 11.0. The molecule has 104 valence electrons. The van der Waals surface area contributed by atoms with Gasteiger partial charge in [0.15, 0.2) is 0 Å². The molecule has 0 bridgehead atoms. The van der Waals surface area contributed by atoms with Crippen LogP contribution in [0.25, 0.3) is 0 Å². The number of hydrogen-bond donors (Lipinski definition) is 2. The van der Waals surface area contributed by atoms with Gasteiger partial charge >= 0.3 is 5.97 Å². The molecule has 0 atom stereocenters. The Kier molecular flexibility index (Phi) is 4.14. The summed E-state index contributed by atoms with van der Waals surface area (Å²) in [4.78, 5) is 22.4. The van der Waals surface area contributed by atoms with Crippen LogP contribution in [0, 0.1) is 6.92 Å². The van der Waals surface area contributed by atoms with Gasteiger partial charge in [0.25, 0.3) is 0 Å². The summed E-state index contributed by atoms with van der Waals surface area (Å²) in [6, 6.07) is 7.71. The number of anilines is 1. The number of nitrogens with zero attached hydrogens (tertiary/aromatic N) is 2. The molecule has 1 aromatic carbocycles. The fraction of sp³-hybridized carbons (Fsp3) is 0.214. The van der Waals surface area contributed by atoms with Crippen LogP contribution in [-0.4, -0.2) is 26.8 Å². The summed E-state index contributed by atoms with van der Waals surface area (Å²) in [5.41, 5.74) is 2.55. The molecule has 1 amide bonds. The van der Waals surface area contributed by atoms with Gasteiger partial charge in [0, 0.05) is 6.20 Å². The van der Waals surface area contributed by atoms with E-state index in [-0.39, 0.29) is 18.9 Å². The highest BCUT2D eigenvalue weighted by molar-refractivity contribution is 5.92. The second kappa shape index (κ2) is 6.01. The van der Waals surface area contributed by atoms with Gasteiger partial charge in [-0.1, -0.05) is 29.8 Å². The third-order valence-corrected chi connectivity index (χ3v) is 2.70. The SMILES string of the molecule is Cc1ccc(CC(=O)Nc2cnn(CC(=O)O)c2)cc1. The van der Waals surface area contributed by atoms with Crippen molar-refractivity contribution in [1.82, 2.24) is 9.78 Å². The van der Waals surface area contributed by atoms with Gasteiger partial charge in [-0.2, -0.15) is 5.10 Å². The molecule has 20 heavy (non-hydrogen) atoms. The van der Waals surface area contributed by atoms with E-state index in [1.54, 1.807) is 0 Å². The van der Waals surface area contributed by atoms with E-state index >= 15 is 0 Å². The number of carboxylic acid groups (broad SMARTS) is 1. The lowest BCUT2D eigenvalue weighted by Crippen LogP contribution is -2.14. The Morgan fingerprint density at radius 2 is 2.00 bits per heavy atom. The molecule has 0 radical (unpaired) electrons. The normalized spacial score (nSPS) is 10.2. The van der Waals surface area contributed by atoms with Crippen molar-refractivity contribution in [1.29, 1.82) is 0 Å². The largest absolute Gasteiger partial charge is 0.480 e. The van der Waals surface area contributed by atoms with Crippen molar-refractivity contribution in [3.63, 3.8) is 0 Å². The number of benzene rings is 1. The summed E-state index contributed by atoms with van der Waals surface area (Å²) in [5.74, 6) is -1.14. The third kappa shape index (κ3) is 3.94. The molecule has 0 aliphatic heterocycles. The zero-order chi connectivity index (χ0) is 14.5. The molecule has 1 aromatic heterocycles. The maximum absolute atomic E-state index is 11.8. The van der Waals surface area contributed by atoms with Crippen LogP contribution in [0.3, 0.4) is 0 Å². The molecule has 0 unspecified atom stereocenters. The van der Waals surface area contributed by atoms with E-state index in [4.69, 9.17) is 5.11 Å². The average molecular weight is 273 g/mol. The zero-order valence-corrected chi connectivity index (χ0v) is 11.0. The van der Waals surface area contributed by atoms with Crippen molar-refractivity contribution in [3.05, 3.63) is 47.8 Å². The van der Waals surface area contributed by atoms with Crippen molar-refractivity contribution in [3.8, 4) is 0 Å². The highest BCUT2D eigenvalue weighted by atomic mass is 16.4. The van der Waals surface area contributed by atoms with E-state index in [0.29, 0.717) is 5.69 Å². The second-order valence-electron chi connectivity index (χ2n) is 4.53. The summed E-state index contributed by atoms with van der Waals surface area (Å²) >= 11 is 0. The van der Waals surface area contributed by atoms with Crippen LogP contribution in [-0.2, 0) is 22.6 Å². The number of carbonyl (C=O) groups excluding carboxylic acids is 1. The number of nitrogens with one attached hydrogen (secondary N) is 1. The first kappa shape index (κ1) is 13.8. The summed E-state index contributed by atoms with van der Waals surface area (Å²) in [6.07, 6.45) is 3.18. The summed E-state index contributed by atoms with van der Waals surface area (Å²) in [5, 5.41) is 15.2. The molecule has 6 heteroatoms. The smallest absolute Gasteiger partial charge is 0.325 e. The third-order valence-electron chi connectivity index (χ3n) is 2.70. The topological polar surface area (TPSA) is 84.2 Å². The van der Waals surface area contributed by atoms with Crippen molar-refractivity contribution in [2.75, 3.05) is 5.32 Å². The van der Waals surface area contributed by atoms with Gasteiger partial charge < -0.3 is 10.4 Å². The molecule has 0 saturated heterocycles. The van der Waals surface area contributed by atoms with Gasteiger partial charge in [0.1, 0.15) is 6.54 Å². The first-order valence-electron chi connectivity index (χ1n) is 6.12. The number of amides is 1. The quantitative estimate of drug-likeness (QED) is 0.863. The lowest BCUT2D eigenvalue weighted by Gasteiger charge is -2.03. The van der Waals surface area contributed by atoms with Gasteiger partial charge in [-0.3, -0.25) is 14.3 Å². The molecule has 2 aromatic rings. The van der Waals surface area contributed by atoms with Crippen molar-refractivity contribution < 1.29 is 14.7 Å². The number of hydrogen-bond acceptors (Lipinski definition) is 3. The second-order valence-corrected chi connectivity index (χ2v) is 4.53. The monoisotopic (exact) mass is 273 g/mol. The van der Waals surface area contributed by atoms with E-state index < -0.39 is 5.97 Å². The molecule has 0 aliphatic carbocycles. The van der Waals surface area contributed by atoms with E-state index in [2.05, 4.69) is 10.4 Å². The molecule has 0 fully saturated rings. The molecular formula is C14H15N3O3. The predicted molar refractivity (Wildman–Crippen MR) is 73.4 cm³/mol. The number of carbonyl (C=O) groups is 2. The fourth-order valence-electron chi connectivity index (χ4n) is 1.75. The molecule has 2 rings (SSSR count). The van der Waals surface area contributed by atoms with Crippen LogP contribution < -0.4 is 5.32 Å². The number of rotatable bonds is 5. The molecule has 1 heterocycles. The average Bonchev–Trinajstić information content (AvgIpc) is 2.78. The minimum Gasteiger partial charge on any atom is -0.480 e. The van der Waals surface area contributed by atoms with Crippen LogP contribution in [0.2, 0.25) is 0 Å². The maximum Gasteiger partial charge on any atom is 0.325 e. The first-order valence-corrected chi connectivity index (χ1v) is 6.12. The van der Waals surface area contributed by atoms with Crippen LogP contribution in [0.15, 0.2) is 36.7 Å². The van der Waals surface area contributed by atoms with E-state index in [9.17, 15) is 9.59 Å². The van der Waals surface area contributed by atoms with Crippen LogP contribution in [0.5, 0.6) is 0 Å². The fourth-order valence-corrected chi connectivity index (χ4v) is 1.75. The van der Waals surface area contributed by atoms with Gasteiger partial charge in [-0.15, -0.1) is 0 Å². The van der Waals surface area contributed by atoms with Gasteiger partial charge in [0.2, 0.25) is 5.91 Å².